The van der Waals surface area contributed by atoms with Gasteiger partial charge in [-0.05, 0) is 37.3 Å². The first-order valence-electron chi connectivity index (χ1n) is 9.59. The molecule has 1 amide bonds. The molecular weight excluding hydrogens is 314 g/mol. The Morgan fingerprint density at radius 2 is 2.00 bits per heavy atom. The second-order valence-electron chi connectivity index (χ2n) is 7.02. The summed E-state index contributed by atoms with van der Waals surface area (Å²) in [6.45, 7) is 7.32. The summed E-state index contributed by atoms with van der Waals surface area (Å²) in [4.78, 5) is 14.8. The average Bonchev–Trinajstić information content (AvgIpc) is 2.64. The largest absolute Gasteiger partial charge is 0.497 e. The maximum atomic E-state index is 12.8. The third-order valence-electron chi connectivity index (χ3n) is 5.53. The lowest BCUT2D eigenvalue weighted by molar-refractivity contribution is -0.134. The second kappa shape index (κ2) is 9.12. The van der Waals surface area contributed by atoms with E-state index in [1.807, 2.05) is 11.0 Å². The topological polar surface area (TPSA) is 38.8 Å². The van der Waals surface area contributed by atoms with Gasteiger partial charge in [-0.15, -0.1) is 0 Å². The molecule has 1 aliphatic heterocycles. The highest BCUT2D eigenvalue weighted by molar-refractivity contribution is 5.77. The maximum absolute atomic E-state index is 12.8. The Morgan fingerprint density at radius 1 is 1.24 bits per heavy atom. The predicted molar refractivity (Wildman–Crippen MR) is 101 cm³/mol. The Bertz CT molecular complexity index is 567. The van der Waals surface area contributed by atoms with Crippen molar-refractivity contribution in [3.63, 3.8) is 0 Å². The second-order valence-corrected chi connectivity index (χ2v) is 7.02. The first-order valence-corrected chi connectivity index (χ1v) is 9.59. The average molecular weight is 347 g/mol. The van der Waals surface area contributed by atoms with Crippen LogP contribution in [0.5, 0.6) is 11.5 Å². The molecule has 0 fully saturated rings. The first-order chi connectivity index (χ1) is 12.0. The Kier molecular flexibility index (Phi) is 7.15. The molecule has 2 unspecified atom stereocenters. The number of benzene rings is 1. The van der Waals surface area contributed by atoms with Crippen LogP contribution in [0.4, 0.5) is 0 Å². The standard InChI is InChI=1S/C21H33NO3/c1-6-8-16(7-2)9-10-20(23)22-12-11-17-13-18(24-4)14-19(25-5)21(17)15(22)3/h13-16H,6-12H2,1-5H3. The molecule has 0 bridgehead atoms. The summed E-state index contributed by atoms with van der Waals surface area (Å²) in [5.41, 5.74) is 2.36. The third-order valence-corrected chi connectivity index (χ3v) is 5.53. The molecule has 4 nitrogen and oxygen atoms in total. The molecular formula is C21H33NO3. The minimum absolute atomic E-state index is 0.0448. The minimum atomic E-state index is 0.0448. The molecule has 0 radical (unpaired) electrons. The molecule has 1 aliphatic rings. The number of fused-ring (bicyclic) bond motifs is 1. The van der Waals surface area contributed by atoms with Crippen LogP contribution >= 0.6 is 0 Å². The smallest absolute Gasteiger partial charge is 0.223 e. The van der Waals surface area contributed by atoms with Crippen LogP contribution in [0, 0.1) is 5.92 Å². The van der Waals surface area contributed by atoms with Crippen LogP contribution in [0.2, 0.25) is 0 Å². The van der Waals surface area contributed by atoms with E-state index in [9.17, 15) is 4.79 Å². The SMILES string of the molecule is CCCC(CC)CCC(=O)N1CCc2cc(OC)cc(OC)c2C1C. The number of hydrogen-bond donors (Lipinski definition) is 0. The zero-order chi connectivity index (χ0) is 18.4. The van der Waals surface area contributed by atoms with Gasteiger partial charge in [-0.25, -0.2) is 0 Å². The Labute approximate surface area is 152 Å². The van der Waals surface area contributed by atoms with E-state index in [0.29, 0.717) is 12.3 Å². The van der Waals surface area contributed by atoms with E-state index < -0.39 is 0 Å². The van der Waals surface area contributed by atoms with E-state index in [1.54, 1.807) is 14.2 Å². The van der Waals surface area contributed by atoms with Gasteiger partial charge >= 0.3 is 0 Å². The van der Waals surface area contributed by atoms with Crippen LogP contribution in [-0.2, 0) is 11.2 Å². The quantitative estimate of drug-likeness (QED) is 0.681. The highest BCUT2D eigenvalue weighted by atomic mass is 16.5. The zero-order valence-corrected chi connectivity index (χ0v) is 16.4. The van der Waals surface area contributed by atoms with E-state index in [0.717, 1.165) is 42.9 Å². The molecule has 140 valence electrons. The van der Waals surface area contributed by atoms with E-state index in [4.69, 9.17) is 9.47 Å². The summed E-state index contributed by atoms with van der Waals surface area (Å²) in [5.74, 6) is 2.57. The molecule has 4 heteroatoms. The van der Waals surface area contributed by atoms with Gasteiger partial charge < -0.3 is 14.4 Å². The molecule has 0 saturated carbocycles. The fourth-order valence-corrected chi connectivity index (χ4v) is 3.99. The van der Waals surface area contributed by atoms with Crippen molar-refractivity contribution in [1.82, 2.24) is 4.90 Å². The number of amides is 1. The normalized spacial score (nSPS) is 17.8. The number of carbonyl (C=O) groups is 1. The Hall–Kier alpha value is -1.71. The van der Waals surface area contributed by atoms with Crippen LogP contribution < -0.4 is 9.47 Å². The van der Waals surface area contributed by atoms with Gasteiger partial charge in [-0.3, -0.25) is 4.79 Å². The number of methoxy groups -OCH3 is 2. The van der Waals surface area contributed by atoms with Crippen molar-refractivity contribution >= 4 is 5.91 Å². The van der Waals surface area contributed by atoms with Gasteiger partial charge in [0.15, 0.2) is 0 Å². The summed E-state index contributed by atoms with van der Waals surface area (Å²) in [7, 11) is 3.35. The lowest BCUT2D eigenvalue weighted by atomic mass is 9.91. The van der Waals surface area contributed by atoms with Gasteiger partial charge in [0, 0.05) is 24.6 Å². The zero-order valence-electron chi connectivity index (χ0n) is 16.4. The fraction of sp³-hybridized carbons (Fsp3) is 0.667. The van der Waals surface area contributed by atoms with Gasteiger partial charge in [-0.2, -0.15) is 0 Å². The molecule has 0 spiro atoms. The Balaban J connectivity index is 2.12. The molecule has 2 atom stereocenters. The molecule has 25 heavy (non-hydrogen) atoms. The first kappa shape index (κ1) is 19.6. The van der Waals surface area contributed by atoms with Crippen LogP contribution in [0.15, 0.2) is 12.1 Å². The molecule has 1 aromatic rings. The van der Waals surface area contributed by atoms with Gasteiger partial charge in [-0.1, -0.05) is 33.1 Å². The number of carbonyl (C=O) groups excluding carboxylic acids is 1. The van der Waals surface area contributed by atoms with Crippen molar-refractivity contribution in [2.45, 2.75) is 65.3 Å². The molecule has 1 aromatic carbocycles. The van der Waals surface area contributed by atoms with Gasteiger partial charge in [0.25, 0.3) is 0 Å². The highest BCUT2D eigenvalue weighted by Gasteiger charge is 2.30. The molecule has 0 aromatic heterocycles. The molecule has 2 rings (SSSR count). The van der Waals surface area contributed by atoms with E-state index in [2.05, 4.69) is 26.8 Å². The van der Waals surface area contributed by atoms with Gasteiger partial charge in [0.1, 0.15) is 11.5 Å². The van der Waals surface area contributed by atoms with Crippen molar-refractivity contribution in [1.29, 1.82) is 0 Å². The molecule has 1 heterocycles. The van der Waals surface area contributed by atoms with Crippen molar-refractivity contribution in [3.05, 3.63) is 23.3 Å². The number of nitrogens with zero attached hydrogens (tertiary/aromatic N) is 1. The van der Waals surface area contributed by atoms with Crippen molar-refractivity contribution in [2.24, 2.45) is 5.92 Å². The van der Waals surface area contributed by atoms with Gasteiger partial charge in [0.2, 0.25) is 5.91 Å². The lowest BCUT2D eigenvalue weighted by Gasteiger charge is -2.36. The molecule has 0 N–H and O–H groups in total. The summed E-state index contributed by atoms with van der Waals surface area (Å²) in [5, 5.41) is 0. The third kappa shape index (κ3) is 4.47. The summed E-state index contributed by atoms with van der Waals surface area (Å²) in [6.07, 6.45) is 6.07. The summed E-state index contributed by atoms with van der Waals surface area (Å²) >= 11 is 0. The number of ether oxygens (including phenoxy) is 2. The summed E-state index contributed by atoms with van der Waals surface area (Å²) < 4.78 is 11.0. The van der Waals surface area contributed by atoms with E-state index >= 15 is 0 Å². The van der Waals surface area contributed by atoms with Crippen LogP contribution in [0.25, 0.3) is 0 Å². The monoisotopic (exact) mass is 347 g/mol. The Morgan fingerprint density at radius 3 is 2.60 bits per heavy atom. The van der Waals surface area contributed by atoms with E-state index in [1.165, 1.54) is 18.4 Å². The number of rotatable bonds is 8. The maximum Gasteiger partial charge on any atom is 0.223 e. The number of hydrogen-bond acceptors (Lipinski definition) is 3. The lowest BCUT2D eigenvalue weighted by Crippen LogP contribution is -2.39. The highest BCUT2D eigenvalue weighted by Crippen LogP contribution is 2.39. The summed E-state index contributed by atoms with van der Waals surface area (Å²) in [6, 6.07) is 4.03. The molecule has 0 saturated heterocycles. The van der Waals surface area contributed by atoms with Crippen molar-refractivity contribution < 1.29 is 14.3 Å². The molecule has 0 aliphatic carbocycles. The van der Waals surface area contributed by atoms with Gasteiger partial charge in [0.05, 0.1) is 20.3 Å². The van der Waals surface area contributed by atoms with Crippen LogP contribution in [0.3, 0.4) is 0 Å². The fourth-order valence-electron chi connectivity index (χ4n) is 3.99. The van der Waals surface area contributed by atoms with Crippen LogP contribution in [0.1, 0.15) is 70.0 Å². The predicted octanol–water partition coefficient (Wildman–Crippen LogP) is 4.76. The van der Waals surface area contributed by atoms with Crippen molar-refractivity contribution in [2.75, 3.05) is 20.8 Å². The minimum Gasteiger partial charge on any atom is -0.497 e. The van der Waals surface area contributed by atoms with Crippen molar-refractivity contribution in [3.8, 4) is 11.5 Å². The van der Waals surface area contributed by atoms with E-state index in [-0.39, 0.29) is 11.9 Å². The van der Waals surface area contributed by atoms with Crippen LogP contribution in [-0.4, -0.2) is 31.6 Å².